The van der Waals surface area contributed by atoms with Gasteiger partial charge in [0.15, 0.2) is 11.6 Å². The van der Waals surface area contributed by atoms with Crippen LogP contribution in [0.2, 0.25) is 10.0 Å². The van der Waals surface area contributed by atoms with Crippen LogP contribution in [0.4, 0.5) is 21.9 Å². The van der Waals surface area contributed by atoms with E-state index >= 15 is 0 Å². The van der Waals surface area contributed by atoms with E-state index in [0.29, 0.717) is 21.2 Å². The van der Waals surface area contributed by atoms with Gasteiger partial charge in [-0.25, -0.2) is 0 Å². The molecule has 0 amide bonds. The van der Waals surface area contributed by atoms with E-state index in [1.54, 1.807) is 0 Å². The standard InChI is InChI=1S/C10H12ClN7S.C8H11ClN4/c11-6-3-8(15-13-4-6)18-2-1-7(5-18)14-10-17-16-9(12)19-10;9-6-3-8(12-11-4-6)13-2-1-7(10)5-13/h3-4,7H,1-2,5H2,(H2,12,16)(H,14,17);3-4,7H,1-2,5,10H2/t2*7-/m11/s1. The first-order valence-corrected chi connectivity index (χ1v) is 11.6. The Morgan fingerprint density at radius 2 is 1.53 bits per heavy atom. The molecule has 0 bridgehead atoms. The molecule has 0 aliphatic carbocycles. The average Bonchev–Trinajstić information content (AvgIpc) is 3.51. The molecule has 14 heteroatoms. The normalized spacial score (nSPS) is 20.2. The van der Waals surface area contributed by atoms with Gasteiger partial charge in [0.1, 0.15) is 0 Å². The predicted molar refractivity (Wildman–Crippen MR) is 127 cm³/mol. The van der Waals surface area contributed by atoms with Crippen LogP contribution in [0.5, 0.6) is 0 Å². The van der Waals surface area contributed by atoms with E-state index in [1.807, 2.05) is 12.1 Å². The highest BCUT2D eigenvalue weighted by atomic mass is 35.5. The first kappa shape index (κ1) is 22.6. The van der Waals surface area contributed by atoms with E-state index < -0.39 is 0 Å². The lowest BCUT2D eigenvalue weighted by Crippen LogP contribution is -2.26. The summed E-state index contributed by atoms with van der Waals surface area (Å²) in [4.78, 5) is 4.24. The summed E-state index contributed by atoms with van der Waals surface area (Å²) in [6, 6.07) is 4.18. The van der Waals surface area contributed by atoms with Crippen LogP contribution in [-0.2, 0) is 0 Å². The molecule has 2 fully saturated rings. The third-order valence-corrected chi connectivity index (χ3v) is 6.14. The number of hydrogen-bond acceptors (Lipinski definition) is 12. The Hall–Kier alpha value is -2.54. The fourth-order valence-corrected chi connectivity index (χ4v) is 4.39. The molecular weight excluding hydrogens is 473 g/mol. The molecule has 0 aromatic carbocycles. The minimum absolute atomic E-state index is 0.251. The number of nitrogens with two attached hydrogens (primary N) is 2. The van der Waals surface area contributed by atoms with E-state index in [-0.39, 0.29) is 6.04 Å². The van der Waals surface area contributed by atoms with Gasteiger partial charge in [0.05, 0.1) is 22.4 Å². The third kappa shape index (κ3) is 6.03. The zero-order valence-corrected chi connectivity index (χ0v) is 19.4. The van der Waals surface area contributed by atoms with Crippen LogP contribution in [-0.4, -0.2) is 68.9 Å². The average molecular weight is 496 g/mol. The van der Waals surface area contributed by atoms with Crippen molar-refractivity contribution >= 4 is 56.4 Å². The Morgan fingerprint density at radius 1 is 0.906 bits per heavy atom. The van der Waals surface area contributed by atoms with Gasteiger partial charge in [-0.3, -0.25) is 0 Å². The number of hydrogen-bond donors (Lipinski definition) is 3. The van der Waals surface area contributed by atoms with E-state index in [0.717, 1.165) is 55.8 Å². The van der Waals surface area contributed by atoms with Crippen LogP contribution in [0.25, 0.3) is 0 Å². The van der Waals surface area contributed by atoms with E-state index in [4.69, 9.17) is 34.7 Å². The van der Waals surface area contributed by atoms with Gasteiger partial charge in [-0.2, -0.15) is 10.2 Å². The monoisotopic (exact) mass is 495 g/mol. The molecule has 5 rings (SSSR count). The minimum atomic E-state index is 0.251. The first-order valence-electron chi connectivity index (χ1n) is 10.0. The lowest BCUT2D eigenvalue weighted by molar-refractivity contribution is 0.750. The molecule has 2 saturated heterocycles. The van der Waals surface area contributed by atoms with E-state index in [9.17, 15) is 0 Å². The molecule has 0 unspecified atom stereocenters. The van der Waals surface area contributed by atoms with Gasteiger partial charge in [-0.1, -0.05) is 34.5 Å². The summed E-state index contributed by atoms with van der Waals surface area (Å²) in [6.45, 7) is 3.51. The summed E-state index contributed by atoms with van der Waals surface area (Å²) in [5.74, 6) is 1.62. The summed E-state index contributed by atoms with van der Waals surface area (Å²) in [7, 11) is 0. The molecule has 11 nitrogen and oxygen atoms in total. The molecule has 5 N–H and O–H groups in total. The van der Waals surface area contributed by atoms with Gasteiger partial charge < -0.3 is 26.6 Å². The Morgan fingerprint density at radius 3 is 2.06 bits per heavy atom. The van der Waals surface area contributed by atoms with Crippen molar-refractivity contribution in [2.24, 2.45) is 5.73 Å². The first-order chi connectivity index (χ1) is 15.5. The lowest BCUT2D eigenvalue weighted by atomic mass is 10.3. The fraction of sp³-hybridized carbons (Fsp3) is 0.444. The van der Waals surface area contributed by atoms with Crippen LogP contribution in [0.3, 0.4) is 0 Å². The van der Waals surface area contributed by atoms with Crippen molar-refractivity contribution in [2.75, 3.05) is 47.0 Å². The molecule has 2 aliphatic heterocycles. The summed E-state index contributed by atoms with van der Waals surface area (Å²) < 4.78 is 0. The summed E-state index contributed by atoms with van der Waals surface area (Å²) in [6.07, 6.45) is 5.06. The number of halogens is 2. The van der Waals surface area contributed by atoms with E-state index in [2.05, 4.69) is 45.7 Å². The SMILES string of the molecule is N[C@@H]1CCN(c2cc(Cl)cnn2)C1.Nc1nnc(N[C@@H]2CCN(c3cc(Cl)cnn3)C2)s1. The van der Waals surface area contributed by atoms with Crippen LogP contribution < -0.4 is 26.6 Å². The largest absolute Gasteiger partial charge is 0.374 e. The van der Waals surface area contributed by atoms with Crippen molar-refractivity contribution in [3.8, 4) is 0 Å². The van der Waals surface area contributed by atoms with E-state index in [1.165, 1.54) is 23.7 Å². The zero-order valence-electron chi connectivity index (χ0n) is 17.1. The van der Waals surface area contributed by atoms with Crippen molar-refractivity contribution in [3.63, 3.8) is 0 Å². The Labute approximate surface area is 199 Å². The topological polar surface area (TPSA) is 148 Å². The van der Waals surface area contributed by atoms with Crippen LogP contribution in [0.1, 0.15) is 12.8 Å². The second-order valence-electron chi connectivity index (χ2n) is 7.48. The van der Waals surface area contributed by atoms with Crippen LogP contribution in [0.15, 0.2) is 24.5 Å². The van der Waals surface area contributed by atoms with Crippen molar-refractivity contribution in [1.29, 1.82) is 0 Å². The quantitative estimate of drug-likeness (QED) is 0.487. The maximum absolute atomic E-state index is 5.92. The van der Waals surface area contributed by atoms with Gasteiger partial charge in [0.25, 0.3) is 0 Å². The number of nitrogen functional groups attached to an aromatic ring is 1. The molecule has 32 heavy (non-hydrogen) atoms. The van der Waals surface area contributed by atoms with Gasteiger partial charge in [0.2, 0.25) is 10.3 Å². The summed E-state index contributed by atoms with van der Waals surface area (Å²) in [5, 5.41) is 29.2. The molecule has 3 aromatic rings. The van der Waals surface area contributed by atoms with Gasteiger partial charge >= 0.3 is 0 Å². The molecule has 2 atom stereocenters. The number of aromatic nitrogens is 6. The molecule has 0 radical (unpaired) electrons. The van der Waals surface area contributed by atoms with Crippen LogP contribution in [0, 0.1) is 0 Å². The molecule has 2 aliphatic rings. The maximum atomic E-state index is 5.92. The highest BCUT2D eigenvalue weighted by molar-refractivity contribution is 7.18. The molecular formula is C18H23Cl2N11S. The molecule has 0 spiro atoms. The summed E-state index contributed by atoms with van der Waals surface area (Å²) in [5.41, 5.74) is 11.3. The second kappa shape index (κ2) is 10.4. The maximum Gasteiger partial charge on any atom is 0.207 e. The fourth-order valence-electron chi connectivity index (χ4n) is 3.52. The van der Waals surface area contributed by atoms with Gasteiger partial charge in [-0.15, -0.1) is 20.4 Å². The predicted octanol–water partition coefficient (Wildman–Crippen LogP) is 1.92. The van der Waals surface area contributed by atoms with Crippen molar-refractivity contribution in [3.05, 3.63) is 34.6 Å². The number of rotatable bonds is 4. The molecule has 170 valence electrons. The van der Waals surface area contributed by atoms with Gasteiger partial charge in [0, 0.05) is 50.4 Å². The van der Waals surface area contributed by atoms with Crippen LogP contribution >= 0.6 is 34.5 Å². The highest BCUT2D eigenvalue weighted by Crippen LogP contribution is 2.24. The zero-order chi connectivity index (χ0) is 22.5. The summed E-state index contributed by atoms with van der Waals surface area (Å²) >= 11 is 13.1. The number of anilines is 4. The highest BCUT2D eigenvalue weighted by Gasteiger charge is 2.24. The third-order valence-electron chi connectivity index (χ3n) is 5.05. The Bertz CT molecular complexity index is 1040. The van der Waals surface area contributed by atoms with Crippen molar-refractivity contribution in [2.45, 2.75) is 24.9 Å². The van der Waals surface area contributed by atoms with Crippen molar-refractivity contribution in [1.82, 2.24) is 30.6 Å². The molecule has 5 heterocycles. The lowest BCUT2D eigenvalue weighted by Gasteiger charge is -2.16. The Balaban J connectivity index is 0.000000165. The minimum Gasteiger partial charge on any atom is -0.374 e. The smallest absolute Gasteiger partial charge is 0.207 e. The van der Waals surface area contributed by atoms with Crippen molar-refractivity contribution < 1.29 is 0 Å². The molecule has 0 saturated carbocycles. The number of nitrogens with zero attached hydrogens (tertiary/aromatic N) is 8. The second-order valence-corrected chi connectivity index (χ2v) is 9.36. The Kier molecular flexibility index (Phi) is 7.35. The number of nitrogens with one attached hydrogen (secondary N) is 1. The molecule has 3 aromatic heterocycles. The van der Waals surface area contributed by atoms with Gasteiger partial charge in [-0.05, 0) is 12.8 Å².